The first-order valence-corrected chi connectivity index (χ1v) is 4.00. The zero-order valence-corrected chi connectivity index (χ0v) is 6.84. The van der Waals surface area contributed by atoms with E-state index in [9.17, 15) is 4.79 Å². The minimum absolute atomic E-state index is 0.0550. The molecule has 1 aliphatic heterocycles. The lowest BCUT2D eigenvalue weighted by atomic mass is 10.1. The van der Waals surface area contributed by atoms with Crippen LogP contribution in [0.5, 0.6) is 0 Å². The molecule has 1 rings (SSSR count). The van der Waals surface area contributed by atoms with Crippen molar-refractivity contribution in [3.05, 3.63) is 0 Å². The largest absolute Gasteiger partial charge is 0.330 e. The van der Waals surface area contributed by atoms with Crippen molar-refractivity contribution in [3.8, 4) is 0 Å². The Morgan fingerprint density at radius 1 is 1.82 bits per heavy atom. The van der Waals surface area contributed by atoms with Gasteiger partial charge in [0.1, 0.15) is 0 Å². The Bertz CT molecular complexity index is 143. The smallest absolute Gasteiger partial charge is 0.240 e. The van der Waals surface area contributed by atoms with Gasteiger partial charge in [-0.3, -0.25) is 9.80 Å². The van der Waals surface area contributed by atoms with Crippen LogP contribution >= 0.6 is 0 Å². The summed E-state index contributed by atoms with van der Waals surface area (Å²) < 4.78 is 0. The molecular weight excluding hydrogens is 142 g/mol. The molecule has 0 spiro atoms. The molecule has 11 heavy (non-hydrogen) atoms. The van der Waals surface area contributed by atoms with Gasteiger partial charge in [-0.25, -0.2) is 5.43 Å². The number of hydrogen-bond acceptors (Lipinski definition) is 3. The van der Waals surface area contributed by atoms with E-state index in [1.165, 1.54) is 0 Å². The third kappa shape index (κ3) is 1.91. The Hall–Kier alpha value is -0.610. The van der Waals surface area contributed by atoms with Gasteiger partial charge in [0.2, 0.25) is 5.91 Å². The van der Waals surface area contributed by atoms with Crippen LogP contribution in [0, 0.1) is 5.92 Å². The van der Waals surface area contributed by atoms with Gasteiger partial charge < -0.3 is 5.73 Å². The van der Waals surface area contributed by atoms with Crippen molar-refractivity contribution in [3.63, 3.8) is 0 Å². The van der Waals surface area contributed by atoms with Gasteiger partial charge in [-0.2, -0.15) is 0 Å². The van der Waals surface area contributed by atoms with Gasteiger partial charge in [0, 0.05) is 25.6 Å². The number of nitrogens with two attached hydrogens (primary N) is 1. The van der Waals surface area contributed by atoms with Gasteiger partial charge in [0.15, 0.2) is 0 Å². The van der Waals surface area contributed by atoms with Crippen LogP contribution in [0.1, 0.15) is 13.3 Å². The highest BCUT2D eigenvalue weighted by Crippen LogP contribution is 2.03. The lowest BCUT2D eigenvalue weighted by molar-refractivity contribution is -0.136. The average Bonchev–Trinajstić information content (AvgIpc) is 2.53. The summed E-state index contributed by atoms with van der Waals surface area (Å²) in [6.45, 7) is 4.01. The van der Waals surface area contributed by atoms with Gasteiger partial charge in [0.05, 0.1) is 0 Å². The van der Waals surface area contributed by atoms with E-state index in [0.29, 0.717) is 6.54 Å². The van der Waals surface area contributed by atoms with Crippen LogP contribution in [0.15, 0.2) is 0 Å². The SMILES string of the molecule is CC(CN)C(=O)N1CCCN1. The minimum Gasteiger partial charge on any atom is -0.330 e. The standard InChI is InChI=1S/C7H15N3O/c1-6(5-8)7(11)10-4-2-3-9-10/h6,9H,2-5,8H2,1H3. The first kappa shape index (κ1) is 8.49. The van der Waals surface area contributed by atoms with Crippen LogP contribution in [0.25, 0.3) is 0 Å². The van der Waals surface area contributed by atoms with Crippen molar-refractivity contribution >= 4 is 5.91 Å². The van der Waals surface area contributed by atoms with Crippen LogP contribution < -0.4 is 11.2 Å². The Morgan fingerprint density at radius 2 is 2.55 bits per heavy atom. The Balaban J connectivity index is 2.39. The summed E-state index contributed by atoms with van der Waals surface area (Å²) in [7, 11) is 0. The Morgan fingerprint density at radius 3 is 3.00 bits per heavy atom. The fourth-order valence-corrected chi connectivity index (χ4v) is 1.09. The molecule has 1 amide bonds. The lowest BCUT2D eigenvalue weighted by Gasteiger charge is -2.18. The Kier molecular flexibility index (Phi) is 2.84. The molecule has 0 radical (unpaired) electrons. The quantitative estimate of drug-likeness (QED) is 0.558. The maximum atomic E-state index is 11.4. The molecule has 0 saturated carbocycles. The van der Waals surface area contributed by atoms with Crippen LogP contribution in [-0.2, 0) is 4.79 Å². The summed E-state index contributed by atoms with van der Waals surface area (Å²) in [5.41, 5.74) is 8.37. The van der Waals surface area contributed by atoms with E-state index in [1.54, 1.807) is 5.01 Å². The molecule has 4 heteroatoms. The van der Waals surface area contributed by atoms with E-state index in [0.717, 1.165) is 19.5 Å². The predicted octanol–water partition coefficient (Wildman–Crippen LogP) is -0.682. The second-order valence-corrected chi connectivity index (χ2v) is 2.89. The number of nitrogens with zero attached hydrogens (tertiary/aromatic N) is 1. The summed E-state index contributed by atoms with van der Waals surface area (Å²) in [5.74, 6) is 0.0607. The number of hydrogen-bond donors (Lipinski definition) is 2. The first-order valence-electron chi connectivity index (χ1n) is 4.00. The molecule has 1 atom stereocenters. The maximum absolute atomic E-state index is 11.4. The predicted molar refractivity (Wildman–Crippen MR) is 42.6 cm³/mol. The lowest BCUT2D eigenvalue weighted by Crippen LogP contribution is -2.42. The highest BCUT2D eigenvalue weighted by Gasteiger charge is 2.21. The molecule has 1 unspecified atom stereocenters. The number of nitrogens with one attached hydrogen (secondary N) is 1. The molecule has 0 aromatic rings. The van der Waals surface area contributed by atoms with E-state index >= 15 is 0 Å². The molecule has 1 saturated heterocycles. The summed E-state index contributed by atoms with van der Waals surface area (Å²) in [6.07, 6.45) is 1.04. The van der Waals surface area contributed by atoms with Crippen molar-refractivity contribution in [2.45, 2.75) is 13.3 Å². The third-order valence-electron chi connectivity index (χ3n) is 1.90. The Labute approximate surface area is 66.7 Å². The maximum Gasteiger partial charge on any atom is 0.240 e. The minimum atomic E-state index is -0.0550. The first-order chi connectivity index (χ1) is 5.25. The van der Waals surface area contributed by atoms with Gasteiger partial charge >= 0.3 is 0 Å². The molecule has 3 N–H and O–H groups in total. The van der Waals surface area contributed by atoms with E-state index in [4.69, 9.17) is 5.73 Å². The van der Waals surface area contributed by atoms with Crippen LogP contribution in [0.2, 0.25) is 0 Å². The molecule has 0 aromatic carbocycles. The summed E-state index contributed by atoms with van der Waals surface area (Å²) in [4.78, 5) is 11.4. The third-order valence-corrected chi connectivity index (χ3v) is 1.90. The van der Waals surface area contributed by atoms with E-state index in [2.05, 4.69) is 5.43 Å². The fraction of sp³-hybridized carbons (Fsp3) is 0.857. The van der Waals surface area contributed by atoms with Crippen molar-refractivity contribution in [1.82, 2.24) is 10.4 Å². The van der Waals surface area contributed by atoms with Crippen LogP contribution in [0.4, 0.5) is 0 Å². The molecule has 1 heterocycles. The number of amides is 1. The number of carbonyl (C=O) groups excluding carboxylic acids is 1. The second-order valence-electron chi connectivity index (χ2n) is 2.89. The van der Waals surface area contributed by atoms with Gasteiger partial charge in [0.25, 0.3) is 0 Å². The number of hydrazine groups is 1. The van der Waals surface area contributed by atoms with Gasteiger partial charge in [-0.1, -0.05) is 6.92 Å². The van der Waals surface area contributed by atoms with Gasteiger partial charge in [-0.05, 0) is 6.42 Å². The van der Waals surface area contributed by atoms with Gasteiger partial charge in [-0.15, -0.1) is 0 Å². The second kappa shape index (κ2) is 3.69. The van der Waals surface area contributed by atoms with Crippen molar-refractivity contribution < 1.29 is 4.79 Å². The molecular formula is C7H15N3O. The monoisotopic (exact) mass is 157 g/mol. The zero-order valence-electron chi connectivity index (χ0n) is 6.84. The molecule has 0 bridgehead atoms. The highest BCUT2D eigenvalue weighted by atomic mass is 16.2. The molecule has 1 fully saturated rings. The zero-order chi connectivity index (χ0) is 8.27. The highest BCUT2D eigenvalue weighted by molar-refractivity contribution is 5.78. The van der Waals surface area contributed by atoms with E-state index in [1.807, 2.05) is 6.92 Å². The van der Waals surface area contributed by atoms with Crippen molar-refractivity contribution in [2.75, 3.05) is 19.6 Å². The van der Waals surface area contributed by atoms with E-state index < -0.39 is 0 Å². The van der Waals surface area contributed by atoms with E-state index in [-0.39, 0.29) is 11.8 Å². The molecule has 0 aromatic heterocycles. The molecule has 64 valence electrons. The summed E-state index contributed by atoms with van der Waals surface area (Å²) in [5, 5.41) is 1.66. The molecule has 1 aliphatic rings. The van der Waals surface area contributed by atoms with Crippen molar-refractivity contribution in [2.24, 2.45) is 11.7 Å². The topological polar surface area (TPSA) is 58.4 Å². The van der Waals surface area contributed by atoms with Crippen LogP contribution in [-0.4, -0.2) is 30.6 Å². The van der Waals surface area contributed by atoms with Crippen molar-refractivity contribution in [1.29, 1.82) is 0 Å². The number of rotatable bonds is 2. The molecule has 4 nitrogen and oxygen atoms in total. The molecule has 0 aliphatic carbocycles. The van der Waals surface area contributed by atoms with Crippen LogP contribution in [0.3, 0.4) is 0 Å². The normalized spacial score (nSPS) is 20.4. The average molecular weight is 157 g/mol. The fourth-order valence-electron chi connectivity index (χ4n) is 1.09. The summed E-state index contributed by atoms with van der Waals surface area (Å²) in [6, 6.07) is 0. The summed E-state index contributed by atoms with van der Waals surface area (Å²) >= 11 is 0. The number of carbonyl (C=O) groups is 1.